The molecule has 0 radical (unpaired) electrons. The quantitative estimate of drug-likeness (QED) is 0.617. The molecule has 4 N–H and O–H groups in total. The molecule has 1 aliphatic rings. The molecule has 1 saturated heterocycles. The minimum atomic E-state index is -0.246. The number of carbonyl (C=O) groups is 1. The molecule has 1 fully saturated rings. The van der Waals surface area contributed by atoms with Gasteiger partial charge in [-0.25, -0.2) is 9.97 Å². The summed E-state index contributed by atoms with van der Waals surface area (Å²) in [5.74, 6) is 1.43. The fourth-order valence-electron chi connectivity index (χ4n) is 2.87. The fraction of sp³-hybridized carbons (Fsp3) is 0.688. The number of ether oxygens (including phenoxy) is 1. The van der Waals surface area contributed by atoms with Crippen LogP contribution < -0.4 is 16.0 Å². The van der Waals surface area contributed by atoms with Gasteiger partial charge in [0.15, 0.2) is 0 Å². The Kier molecular flexibility index (Phi) is 7.53. The van der Waals surface area contributed by atoms with Crippen LogP contribution in [0.2, 0.25) is 0 Å². The lowest BCUT2D eigenvalue weighted by Gasteiger charge is -2.53. The van der Waals surface area contributed by atoms with Crippen LogP contribution in [0.5, 0.6) is 0 Å². The molecule has 1 unspecified atom stereocenters. The number of hydrogen-bond donors (Lipinski definition) is 3. The Bertz CT molecular complexity index is 551. The SMILES string of the molecule is CO.COCCNC(=O)C1N(c2cc(CN)nc(C)n2)CC1(C)C. The van der Waals surface area contributed by atoms with E-state index in [4.69, 9.17) is 15.6 Å². The Labute approximate surface area is 143 Å². The molecule has 1 aromatic rings. The number of aliphatic hydroxyl groups is 1. The van der Waals surface area contributed by atoms with Crippen LogP contribution in [0.4, 0.5) is 5.82 Å². The first-order chi connectivity index (χ1) is 11.4. The highest BCUT2D eigenvalue weighted by molar-refractivity contribution is 5.88. The van der Waals surface area contributed by atoms with Gasteiger partial charge in [-0.2, -0.15) is 0 Å². The molecule has 0 aromatic carbocycles. The van der Waals surface area contributed by atoms with Crippen molar-refractivity contribution in [3.05, 3.63) is 17.6 Å². The van der Waals surface area contributed by atoms with E-state index in [-0.39, 0.29) is 17.4 Å². The molecule has 8 nitrogen and oxygen atoms in total. The van der Waals surface area contributed by atoms with Crippen LogP contribution in [-0.4, -0.2) is 60.9 Å². The van der Waals surface area contributed by atoms with Gasteiger partial charge in [-0.3, -0.25) is 4.79 Å². The molecule has 2 heterocycles. The van der Waals surface area contributed by atoms with Crippen molar-refractivity contribution in [3.63, 3.8) is 0 Å². The van der Waals surface area contributed by atoms with Gasteiger partial charge in [-0.05, 0) is 6.92 Å². The fourth-order valence-corrected chi connectivity index (χ4v) is 2.87. The summed E-state index contributed by atoms with van der Waals surface area (Å²) >= 11 is 0. The summed E-state index contributed by atoms with van der Waals surface area (Å²) < 4.78 is 4.97. The Morgan fingerprint density at radius 3 is 2.71 bits per heavy atom. The molecule has 136 valence electrons. The number of aliphatic hydroxyl groups excluding tert-OH is 1. The van der Waals surface area contributed by atoms with Gasteiger partial charge < -0.3 is 25.8 Å². The van der Waals surface area contributed by atoms with Crippen molar-refractivity contribution in [1.82, 2.24) is 15.3 Å². The molecule has 8 heteroatoms. The third-order valence-corrected chi connectivity index (χ3v) is 3.86. The number of aryl methyl sites for hydroxylation is 1. The van der Waals surface area contributed by atoms with Gasteiger partial charge >= 0.3 is 0 Å². The van der Waals surface area contributed by atoms with Crippen LogP contribution in [0.3, 0.4) is 0 Å². The number of amides is 1. The van der Waals surface area contributed by atoms with Gasteiger partial charge in [0.25, 0.3) is 0 Å². The number of anilines is 1. The van der Waals surface area contributed by atoms with Crippen LogP contribution in [0.1, 0.15) is 25.4 Å². The van der Waals surface area contributed by atoms with Crippen LogP contribution in [-0.2, 0) is 16.1 Å². The van der Waals surface area contributed by atoms with E-state index in [1.807, 2.05) is 17.9 Å². The van der Waals surface area contributed by atoms with Crippen LogP contribution in [0.25, 0.3) is 0 Å². The number of methoxy groups -OCH3 is 1. The second-order valence-corrected chi connectivity index (χ2v) is 6.27. The maximum Gasteiger partial charge on any atom is 0.243 e. The Balaban J connectivity index is 0.00000139. The van der Waals surface area contributed by atoms with Gasteiger partial charge in [0, 0.05) is 45.3 Å². The topological polar surface area (TPSA) is 114 Å². The minimum absolute atomic E-state index is 0.00105. The van der Waals surface area contributed by atoms with E-state index in [1.165, 1.54) is 0 Å². The average molecular weight is 339 g/mol. The van der Waals surface area contributed by atoms with Crippen molar-refractivity contribution in [2.24, 2.45) is 11.1 Å². The summed E-state index contributed by atoms with van der Waals surface area (Å²) in [6.45, 7) is 8.15. The van der Waals surface area contributed by atoms with Crippen LogP contribution >= 0.6 is 0 Å². The first-order valence-corrected chi connectivity index (χ1v) is 7.91. The van der Waals surface area contributed by atoms with Gasteiger partial charge in [-0.15, -0.1) is 0 Å². The molecule has 0 spiro atoms. The minimum Gasteiger partial charge on any atom is -0.400 e. The highest BCUT2D eigenvalue weighted by Gasteiger charge is 2.50. The van der Waals surface area contributed by atoms with Crippen LogP contribution in [0.15, 0.2) is 6.07 Å². The molecule has 2 rings (SSSR count). The summed E-state index contributed by atoms with van der Waals surface area (Å²) in [5.41, 5.74) is 6.36. The Morgan fingerprint density at radius 1 is 1.50 bits per heavy atom. The van der Waals surface area contributed by atoms with E-state index < -0.39 is 0 Å². The van der Waals surface area contributed by atoms with E-state index in [0.717, 1.165) is 25.2 Å². The maximum atomic E-state index is 12.5. The normalized spacial score (nSPS) is 18.3. The summed E-state index contributed by atoms with van der Waals surface area (Å²) in [7, 11) is 2.61. The second kappa shape index (κ2) is 8.91. The molecular formula is C16H29N5O3. The molecule has 1 amide bonds. The highest BCUT2D eigenvalue weighted by atomic mass is 16.5. The van der Waals surface area contributed by atoms with Crippen molar-refractivity contribution in [1.29, 1.82) is 0 Å². The summed E-state index contributed by atoms with van der Waals surface area (Å²) in [4.78, 5) is 23.2. The molecule has 0 aliphatic carbocycles. The molecule has 0 saturated carbocycles. The van der Waals surface area contributed by atoms with E-state index in [0.29, 0.717) is 25.5 Å². The number of nitrogens with zero attached hydrogens (tertiary/aromatic N) is 3. The Morgan fingerprint density at radius 2 is 2.17 bits per heavy atom. The lowest BCUT2D eigenvalue weighted by atomic mass is 9.74. The van der Waals surface area contributed by atoms with Crippen molar-refractivity contribution in [2.75, 3.05) is 38.8 Å². The Hall–Kier alpha value is -1.77. The smallest absolute Gasteiger partial charge is 0.243 e. The van der Waals surface area contributed by atoms with Crippen molar-refractivity contribution in [3.8, 4) is 0 Å². The zero-order chi connectivity index (χ0) is 18.3. The maximum absolute atomic E-state index is 12.5. The lowest BCUT2D eigenvalue weighted by molar-refractivity contribution is -0.127. The van der Waals surface area contributed by atoms with Gasteiger partial charge in [-0.1, -0.05) is 13.8 Å². The molecule has 1 aromatic heterocycles. The lowest BCUT2D eigenvalue weighted by Crippen LogP contribution is -2.68. The number of hydrogen-bond acceptors (Lipinski definition) is 7. The molecule has 1 aliphatic heterocycles. The van der Waals surface area contributed by atoms with Crippen LogP contribution in [0, 0.1) is 12.3 Å². The first kappa shape index (κ1) is 20.3. The third kappa shape index (κ3) is 4.62. The predicted molar refractivity (Wildman–Crippen MR) is 92.6 cm³/mol. The van der Waals surface area contributed by atoms with Crippen molar-refractivity contribution >= 4 is 11.7 Å². The molecule has 0 bridgehead atoms. The third-order valence-electron chi connectivity index (χ3n) is 3.86. The molecule has 1 atom stereocenters. The van der Waals surface area contributed by atoms with Gasteiger partial charge in [0.05, 0.1) is 12.3 Å². The van der Waals surface area contributed by atoms with E-state index >= 15 is 0 Å². The monoisotopic (exact) mass is 339 g/mol. The van der Waals surface area contributed by atoms with Gasteiger partial charge in [0.2, 0.25) is 5.91 Å². The number of rotatable bonds is 6. The zero-order valence-corrected chi connectivity index (χ0v) is 15.2. The van der Waals surface area contributed by atoms with Crippen molar-refractivity contribution < 1.29 is 14.6 Å². The van der Waals surface area contributed by atoms with E-state index in [2.05, 4.69) is 29.1 Å². The van der Waals surface area contributed by atoms with Crippen molar-refractivity contribution in [2.45, 2.75) is 33.4 Å². The first-order valence-electron chi connectivity index (χ1n) is 7.91. The number of carbonyl (C=O) groups excluding carboxylic acids is 1. The molecule has 24 heavy (non-hydrogen) atoms. The predicted octanol–water partition coefficient (Wildman–Crippen LogP) is -0.170. The highest BCUT2D eigenvalue weighted by Crippen LogP contribution is 2.39. The second-order valence-electron chi connectivity index (χ2n) is 6.27. The summed E-state index contributed by atoms with van der Waals surface area (Å²) in [6.07, 6.45) is 0. The zero-order valence-electron chi connectivity index (χ0n) is 15.2. The number of aromatic nitrogens is 2. The number of nitrogens with one attached hydrogen (secondary N) is 1. The summed E-state index contributed by atoms with van der Waals surface area (Å²) in [6, 6.07) is 1.61. The van der Waals surface area contributed by atoms with E-state index in [9.17, 15) is 4.79 Å². The molecular weight excluding hydrogens is 310 g/mol. The average Bonchev–Trinajstić information content (AvgIpc) is 2.54. The van der Waals surface area contributed by atoms with E-state index in [1.54, 1.807) is 7.11 Å². The largest absolute Gasteiger partial charge is 0.400 e. The number of nitrogens with two attached hydrogens (primary N) is 1. The standard InChI is InChI=1S/C15H25N5O2.CH4O/c1-10-18-11(8-16)7-12(19-10)20-9-15(2,3)13(20)14(21)17-5-6-22-4;1-2/h7,13H,5-6,8-9,16H2,1-4H3,(H,17,21);2H,1H3. The van der Waals surface area contributed by atoms with Gasteiger partial charge in [0.1, 0.15) is 17.7 Å². The summed E-state index contributed by atoms with van der Waals surface area (Å²) in [5, 5.41) is 9.91.